The number of nitrogens with zero attached hydrogens (tertiary/aromatic N) is 1. The van der Waals surface area contributed by atoms with Crippen LogP contribution in [-0.2, 0) is 14.3 Å². The molecule has 0 bridgehead atoms. The molecule has 2 atom stereocenters. The lowest BCUT2D eigenvalue weighted by Gasteiger charge is -2.22. The third-order valence-electron chi connectivity index (χ3n) is 3.39. The van der Waals surface area contributed by atoms with Crippen molar-refractivity contribution in [3.8, 4) is 11.8 Å². The Morgan fingerprint density at radius 2 is 2.05 bits per heavy atom. The zero-order chi connectivity index (χ0) is 15.2. The van der Waals surface area contributed by atoms with Crippen molar-refractivity contribution < 1.29 is 19.1 Å². The van der Waals surface area contributed by atoms with Crippen LogP contribution in [0.4, 0.5) is 0 Å². The highest BCUT2D eigenvalue weighted by atomic mass is 16.6. The van der Waals surface area contributed by atoms with E-state index in [-0.39, 0.29) is 5.78 Å². The second kappa shape index (κ2) is 6.89. The predicted octanol–water partition coefficient (Wildman–Crippen LogP) is 2.38. The number of benzene rings is 1. The van der Waals surface area contributed by atoms with Gasteiger partial charge in [-0.2, -0.15) is 5.26 Å². The number of ketones is 1. The molecule has 1 fully saturated rings. The summed E-state index contributed by atoms with van der Waals surface area (Å²) in [6.45, 7) is 1.58. The SMILES string of the molecule is C[C@H](Oc1ccc(C#N)cc1)C(=O)O[C@H]1CCCCC1=O. The molecule has 5 heteroatoms. The van der Waals surface area contributed by atoms with Crippen molar-refractivity contribution in [1.29, 1.82) is 5.26 Å². The van der Waals surface area contributed by atoms with E-state index in [1.807, 2.05) is 6.07 Å². The van der Waals surface area contributed by atoms with Crippen LogP contribution in [0.3, 0.4) is 0 Å². The number of hydrogen-bond acceptors (Lipinski definition) is 5. The molecule has 0 N–H and O–H groups in total. The quantitative estimate of drug-likeness (QED) is 0.795. The van der Waals surface area contributed by atoms with Gasteiger partial charge in [-0.3, -0.25) is 4.79 Å². The molecular weight excluding hydrogens is 270 g/mol. The summed E-state index contributed by atoms with van der Waals surface area (Å²) < 4.78 is 10.7. The molecule has 1 aliphatic rings. The molecule has 2 rings (SSSR count). The van der Waals surface area contributed by atoms with E-state index in [9.17, 15) is 9.59 Å². The zero-order valence-corrected chi connectivity index (χ0v) is 11.9. The summed E-state index contributed by atoms with van der Waals surface area (Å²) >= 11 is 0. The largest absolute Gasteiger partial charge is 0.479 e. The normalized spacial score (nSPS) is 19.4. The van der Waals surface area contributed by atoms with Gasteiger partial charge in [0.25, 0.3) is 0 Å². The van der Waals surface area contributed by atoms with E-state index < -0.39 is 18.2 Å². The number of ether oxygens (including phenoxy) is 2. The fourth-order valence-corrected chi connectivity index (χ4v) is 2.17. The smallest absolute Gasteiger partial charge is 0.347 e. The van der Waals surface area contributed by atoms with Crippen LogP contribution >= 0.6 is 0 Å². The molecule has 0 spiro atoms. The Labute approximate surface area is 123 Å². The van der Waals surface area contributed by atoms with Gasteiger partial charge >= 0.3 is 5.97 Å². The van der Waals surface area contributed by atoms with Gasteiger partial charge in [-0.1, -0.05) is 0 Å². The van der Waals surface area contributed by atoms with Crippen LogP contribution in [0, 0.1) is 11.3 Å². The van der Waals surface area contributed by atoms with Crippen molar-refractivity contribution in [2.24, 2.45) is 0 Å². The minimum Gasteiger partial charge on any atom is -0.479 e. The third kappa shape index (κ3) is 4.06. The summed E-state index contributed by atoms with van der Waals surface area (Å²) in [7, 11) is 0. The van der Waals surface area contributed by atoms with Crippen LogP contribution in [0.2, 0.25) is 0 Å². The van der Waals surface area contributed by atoms with E-state index in [1.165, 1.54) is 0 Å². The predicted molar refractivity (Wildman–Crippen MR) is 74.6 cm³/mol. The van der Waals surface area contributed by atoms with Gasteiger partial charge in [0.15, 0.2) is 18.0 Å². The van der Waals surface area contributed by atoms with E-state index in [1.54, 1.807) is 31.2 Å². The molecule has 110 valence electrons. The summed E-state index contributed by atoms with van der Waals surface area (Å²) in [6.07, 6.45) is 1.40. The highest BCUT2D eigenvalue weighted by Crippen LogP contribution is 2.19. The molecule has 0 radical (unpaired) electrons. The fraction of sp³-hybridized carbons (Fsp3) is 0.438. The number of hydrogen-bond donors (Lipinski definition) is 0. The Bertz CT molecular complexity index is 559. The zero-order valence-electron chi connectivity index (χ0n) is 11.9. The Morgan fingerprint density at radius 3 is 2.67 bits per heavy atom. The lowest BCUT2D eigenvalue weighted by Crippen LogP contribution is -2.35. The number of rotatable bonds is 4. The van der Waals surface area contributed by atoms with E-state index in [4.69, 9.17) is 14.7 Å². The molecule has 0 amide bonds. The summed E-state index contributed by atoms with van der Waals surface area (Å²) in [5, 5.41) is 8.71. The average Bonchev–Trinajstić information content (AvgIpc) is 2.50. The summed E-state index contributed by atoms with van der Waals surface area (Å²) in [5.74, 6) is -0.0757. The molecule has 1 aromatic carbocycles. The van der Waals surface area contributed by atoms with Gasteiger partial charge in [-0.25, -0.2) is 4.79 Å². The molecule has 21 heavy (non-hydrogen) atoms. The third-order valence-corrected chi connectivity index (χ3v) is 3.39. The number of esters is 1. The van der Waals surface area contributed by atoms with Crippen LogP contribution in [0.1, 0.15) is 38.2 Å². The minimum absolute atomic E-state index is 0.0137. The fourth-order valence-electron chi connectivity index (χ4n) is 2.17. The van der Waals surface area contributed by atoms with Crippen LogP contribution in [0.25, 0.3) is 0 Å². The lowest BCUT2D eigenvalue weighted by atomic mass is 9.96. The van der Waals surface area contributed by atoms with Gasteiger partial charge in [0, 0.05) is 6.42 Å². The molecule has 5 nitrogen and oxygen atoms in total. The van der Waals surface area contributed by atoms with E-state index >= 15 is 0 Å². The monoisotopic (exact) mass is 287 g/mol. The second-order valence-corrected chi connectivity index (χ2v) is 5.03. The average molecular weight is 287 g/mol. The van der Waals surface area contributed by atoms with Crippen LogP contribution in [0.5, 0.6) is 5.75 Å². The van der Waals surface area contributed by atoms with E-state index in [2.05, 4.69) is 0 Å². The maximum absolute atomic E-state index is 11.9. The number of carbonyl (C=O) groups is 2. The molecule has 0 aliphatic heterocycles. The van der Waals surface area contributed by atoms with Crippen LogP contribution in [0.15, 0.2) is 24.3 Å². The van der Waals surface area contributed by atoms with Gasteiger partial charge in [0.1, 0.15) is 5.75 Å². The van der Waals surface area contributed by atoms with Crippen molar-refractivity contribution >= 4 is 11.8 Å². The van der Waals surface area contributed by atoms with E-state index in [0.29, 0.717) is 24.2 Å². The molecule has 1 saturated carbocycles. The Hall–Kier alpha value is -2.35. The summed E-state index contributed by atoms with van der Waals surface area (Å²) in [6, 6.07) is 8.46. The van der Waals surface area contributed by atoms with Crippen molar-refractivity contribution in [2.75, 3.05) is 0 Å². The summed E-state index contributed by atoms with van der Waals surface area (Å²) in [5.41, 5.74) is 0.519. The van der Waals surface area contributed by atoms with Crippen LogP contribution in [-0.4, -0.2) is 24.0 Å². The highest BCUT2D eigenvalue weighted by Gasteiger charge is 2.28. The molecule has 0 aromatic heterocycles. The van der Waals surface area contributed by atoms with Gasteiger partial charge in [-0.15, -0.1) is 0 Å². The van der Waals surface area contributed by atoms with Gasteiger partial charge in [-0.05, 0) is 50.5 Å². The van der Waals surface area contributed by atoms with Crippen molar-refractivity contribution in [1.82, 2.24) is 0 Å². The van der Waals surface area contributed by atoms with Gasteiger partial charge < -0.3 is 9.47 Å². The van der Waals surface area contributed by atoms with Crippen molar-refractivity contribution in [3.05, 3.63) is 29.8 Å². The highest BCUT2D eigenvalue weighted by molar-refractivity contribution is 5.86. The first-order valence-corrected chi connectivity index (χ1v) is 7.00. The standard InChI is InChI=1S/C16H17NO4/c1-11(20-13-8-6-12(10-17)7-9-13)16(19)21-15-5-3-2-4-14(15)18/h6-9,11,15H,2-5H2,1H3/t11-,15-/m0/s1. The molecule has 0 unspecified atom stereocenters. The van der Waals surface area contributed by atoms with Crippen molar-refractivity contribution in [2.45, 2.75) is 44.8 Å². The summed E-state index contributed by atoms with van der Waals surface area (Å²) in [4.78, 5) is 23.6. The first-order chi connectivity index (χ1) is 10.1. The molecule has 1 aliphatic carbocycles. The lowest BCUT2D eigenvalue weighted by molar-refractivity contribution is -0.162. The van der Waals surface area contributed by atoms with Gasteiger partial charge in [0.05, 0.1) is 11.6 Å². The molecule has 0 saturated heterocycles. The first-order valence-electron chi connectivity index (χ1n) is 7.00. The number of Topliss-reactive ketones (excluding diaryl/α,β-unsaturated/α-hetero) is 1. The van der Waals surface area contributed by atoms with Crippen molar-refractivity contribution in [3.63, 3.8) is 0 Å². The second-order valence-electron chi connectivity index (χ2n) is 5.03. The van der Waals surface area contributed by atoms with E-state index in [0.717, 1.165) is 12.8 Å². The molecular formula is C16H17NO4. The number of nitriles is 1. The minimum atomic E-state index is -0.798. The Kier molecular flexibility index (Phi) is 4.94. The maximum atomic E-state index is 11.9. The molecule has 1 aromatic rings. The first kappa shape index (κ1) is 15.0. The number of carbonyl (C=O) groups excluding carboxylic acids is 2. The Morgan fingerprint density at radius 1 is 1.33 bits per heavy atom. The van der Waals surface area contributed by atoms with Crippen LogP contribution < -0.4 is 4.74 Å². The Balaban J connectivity index is 1.89. The van der Waals surface area contributed by atoms with Gasteiger partial charge in [0.2, 0.25) is 0 Å². The maximum Gasteiger partial charge on any atom is 0.347 e. The topological polar surface area (TPSA) is 76.4 Å². The molecule has 0 heterocycles.